The summed E-state index contributed by atoms with van der Waals surface area (Å²) in [6.07, 6.45) is 0.751. The number of thiophene rings is 1. The third-order valence-corrected chi connectivity index (χ3v) is 6.04. The minimum Gasteiger partial charge on any atom is -0.465 e. The van der Waals surface area contributed by atoms with Crippen LogP contribution in [0.25, 0.3) is 0 Å². The van der Waals surface area contributed by atoms with Gasteiger partial charge in [-0.1, -0.05) is 0 Å². The third kappa shape index (κ3) is 3.43. The van der Waals surface area contributed by atoms with E-state index < -0.39 is 21.5 Å². The Morgan fingerprint density at radius 1 is 1.52 bits per heavy atom. The minimum atomic E-state index is -3.93. The molecule has 118 valence electrons. The van der Waals surface area contributed by atoms with Crippen LogP contribution in [0.3, 0.4) is 0 Å². The van der Waals surface area contributed by atoms with Crippen LogP contribution in [-0.4, -0.2) is 52.0 Å². The first-order valence-electron chi connectivity index (χ1n) is 6.32. The number of methoxy groups -OCH3 is 1. The Balaban J connectivity index is 2.30. The van der Waals surface area contributed by atoms with Gasteiger partial charge in [-0.25, -0.2) is 17.9 Å². The fourth-order valence-electron chi connectivity index (χ4n) is 2.15. The van der Waals surface area contributed by atoms with Gasteiger partial charge in [0.15, 0.2) is 0 Å². The van der Waals surface area contributed by atoms with E-state index in [1.54, 1.807) is 0 Å². The van der Waals surface area contributed by atoms with Crippen LogP contribution < -0.4 is 4.72 Å². The lowest BCUT2D eigenvalue weighted by molar-refractivity contribution is 0.0222. The van der Waals surface area contributed by atoms with Gasteiger partial charge in [-0.3, -0.25) is 0 Å². The van der Waals surface area contributed by atoms with Crippen molar-refractivity contribution in [3.8, 4) is 0 Å². The molecular weight excluding hydrogens is 318 g/mol. The van der Waals surface area contributed by atoms with E-state index >= 15 is 0 Å². The Morgan fingerprint density at radius 2 is 2.19 bits per heavy atom. The molecule has 1 fully saturated rings. The van der Waals surface area contributed by atoms with Crippen LogP contribution in [0.4, 0.5) is 0 Å². The number of carbonyl (C=O) groups excluding carboxylic acids is 1. The first kappa shape index (κ1) is 16.4. The van der Waals surface area contributed by atoms with Gasteiger partial charge in [0.1, 0.15) is 9.77 Å². The van der Waals surface area contributed by atoms with Gasteiger partial charge in [0.05, 0.1) is 19.3 Å². The molecule has 1 aromatic rings. The fraction of sp³-hybridized carbons (Fsp3) is 0.583. The summed E-state index contributed by atoms with van der Waals surface area (Å²) in [4.78, 5) is 11.5. The average Bonchev–Trinajstić information content (AvgIpc) is 2.97. The molecule has 0 amide bonds. The zero-order chi connectivity index (χ0) is 15.5. The van der Waals surface area contributed by atoms with Gasteiger partial charge >= 0.3 is 5.97 Å². The maximum absolute atomic E-state index is 12.5. The van der Waals surface area contributed by atoms with Crippen molar-refractivity contribution < 1.29 is 27.8 Å². The average molecular weight is 335 g/mol. The molecule has 0 radical (unpaired) electrons. The molecule has 1 aliphatic rings. The SMILES string of the molecule is COC(=O)c1sccc1S(=O)(=O)NC1(CO)CCOCC1. The van der Waals surface area contributed by atoms with E-state index in [4.69, 9.17) is 4.74 Å². The zero-order valence-corrected chi connectivity index (χ0v) is 13.1. The highest BCUT2D eigenvalue weighted by molar-refractivity contribution is 7.89. The molecule has 0 aliphatic carbocycles. The molecule has 0 spiro atoms. The summed E-state index contributed by atoms with van der Waals surface area (Å²) in [5.74, 6) is -0.699. The molecule has 21 heavy (non-hydrogen) atoms. The van der Waals surface area contributed by atoms with E-state index in [2.05, 4.69) is 9.46 Å². The van der Waals surface area contributed by atoms with Crippen molar-refractivity contribution >= 4 is 27.3 Å². The zero-order valence-electron chi connectivity index (χ0n) is 11.5. The Kier molecular flexibility index (Phi) is 4.99. The lowest BCUT2D eigenvalue weighted by atomic mass is 9.93. The van der Waals surface area contributed by atoms with Crippen LogP contribution in [0.5, 0.6) is 0 Å². The number of ether oxygens (including phenoxy) is 2. The summed E-state index contributed by atoms with van der Waals surface area (Å²) < 4.78 is 37.3. The number of aliphatic hydroxyl groups excluding tert-OH is 1. The summed E-state index contributed by atoms with van der Waals surface area (Å²) >= 11 is 0.997. The topological polar surface area (TPSA) is 102 Å². The maximum atomic E-state index is 12.5. The van der Waals surface area contributed by atoms with Crippen LogP contribution >= 0.6 is 11.3 Å². The second kappa shape index (κ2) is 6.41. The predicted molar refractivity (Wildman–Crippen MR) is 75.8 cm³/mol. The molecule has 9 heteroatoms. The number of hydrogen-bond acceptors (Lipinski definition) is 7. The van der Waals surface area contributed by atoms with Crippen molar-refractivity contribution in [1.82, 2.24) is 4.72 Å². The summed E-state index contributed by atoms with van der Waals surface area (Å²) in [6.45, 7) is 0.417. The largest absolute Gasteiger partial charge is 0.465 e. The molecule has 1 aromatic heterocycles. The quantitative estimate of drug-likeness (QED) is 0.753. The second-order valence-corrected chi connectivity index (χ2v) is 7.33. The highest BCUT2D eigenvalue weighted by Gasteiger charge is 2.38. The van der Waals surface area contributed by atoms with Gasteiger partial charge in [0.2, 0.25) is 10.0 Å². The van der Waals surface area contributed by atoms with Gasteiger partial charge in [0.25, 0.3) is 0 Å². The molecule has 2 N–H and O–H groups in total. The van der Waals surface area contributed by atoms with E-state index in [0.29, 0.717) is 26.1 Å². The predicted octanol–water partition coefficient (Wildman–Crippen LogP) is 0.354. The van der Waals surface area contributed by atoms with Crippen molar-refractivity contribution in [2.75, 3.05) is 26.9 Å². The molecular formula is C12H17NO6S2. The maximum Gasteiger partial charge on any atom is 0.349 e. The molecule has 2 rings (SSSR count). The lowest BCUT2D eigenvalue weighted by Crippen LogP contribution is -2.54. The second-order valence-electron chi connectivity index (χ2n) is 4.76. The molecule has 0 atom stereocenters. The minimum absolute atomic E-state index is 0.0187. The van der Waals surface area contributed by atoms with Crippen molar-refractivity contribution in [2.45, 2.75) is 23.3 Å². The lowest BCUT2D eigenvalue weighted by Gasteiger charge is -2.35. The highest BCUT2D eigenvalue weighted by Crippen LogP contribution is 2.27. The fourth-order valence-corrected chi connectivity index (χ4v) is 4.93. The first-order chi connectivity index (χ1) is 9.94. The summed E-state index contributed by atoms with van der Waals surface area (Å²) in [5.41, 5.74) is -0.952. The number of aliphatic hydroxyl groups is 1. The normalized spacial score (nSPS) is 18.4. The van der Waals surface area contributed by atoms with Crippen LogP contribution in [0.2, 0.25) is 0 Å². The molecule has 1 aliphatic heterocycles. The summed E-state index contributed by atoms with van der Waals surface area (Å²) in [6, 6.07) is 1.35. The van der Waals surface area contributed by atoms with Gasteiger partial charge in [-0.2, -0.15) is 0 Å². The van der Waals surface area contributed by atoms with Gasteiger partial charge in [-0.05, 0) is 24.3 Å². The monoisotopic (exact) mass is 335 g/mol. The van der Waals surface area contributed by atoms with E-state index in [-0.39, 0.29) is 16.4 Å². The summed E-state index contributed by atoms with van der Waals surface area (Å²) in [5, 5.41) is 11.1. The first-order valence-corrected chi connectivity index (χ1v) is 8.69. The van der Waals surface area contributed by atoms with Crippen LogP contribution in [0.1, 0.15) is 22.5 Å². The number of nitrogens with one attached hydrogen (secondary N) is 1. The summed E-state index contributed by atoms with van der Waals surface area (Å²) in [7, 11) is -2.73. The van der Waals surface area contributed by atoms with Crippen LogP contribution in [0, 0.1) is 0 Å². The molecule has 7 nitrogen and oxygen atoms in total. The number of carbonyl (C=O) groups is 1. The Hall–Kier alpha value is -1.00. The van der Waals surface area contributed by atoms with Crippen molar-refractivity contribution in [1.29, 1.82) is 0 Å². The van der Waals surface area contributed by atoms with E-state index in [9.17, 15) is 18.3 Å². The van der Waals surface area contributed by atoms with Crippen LogP contribution in [-0.2, 0) is 19.5 Å². The highest BCUT2D eigenvalue weighted by atomic mass is 32.2. The van der Waals surface area contributed by atoms with Crippen molar-refractivity contribution in [3.05, 3.63) is 16.3 Å². The van der Waals surface area contributed by atoms with Gasteiger partial charge < -0.3 is 14.6 Å². The molecule has 0 bridgehead atoms. The third-order valence-electron chi connectivity index (χ3n) is 3.39. The van der Waals surface area contributed by atoms with Crippen molar-refractivity contribution in [3.63, 3.8) is 0 Å². The van der Waals surface area contributed by atoms with E-state index in [1.165, 1.54) is 18.6 Å². The van der Waals surface area contributed by atoms with Gasteiger partial charge in [-0.15, -0.1) is 11.3 Å². The smallest absolute Gasteiger partial charge is 0.349 e. The standard InChI is InChI=1S/C12H17NO6S2/c1-18-11(15)10-9(2-7-20-10)21(16,17)13-12(8-14)3-5-19-6-4-12/h2,7,13-14H,3-6,8H2,1H3. The Labute approximate surface area is 126 Å². The molecule has 1 saturated heterocycles. The van der Waals surface area contributed by atoms with Gasteiger partial charge in [0, 0.05) is 13.2 Å². The number of hydrogen-bond donors (Lipinski definition) is 2. The number of rotatable bonds is 5. The van der Waals surface area contributed by atoms with E-state index in [0.717, 1.165) is 11.3 Å². The molecule has 0 aromatic carbocycles. The Bertz CT molecular complexity index is 603. The van der Waals surface area contributed by atoms with Crippen molar-refractivity contribution in [2.24, 2.45) is 0 Å². The number of esters is 1. The van der Waals surface area contributed by atoms with Crippen LogP contribution in [0.15, 0.2) is 16.3 Å². The molecule has 0 saturated carbocycles. The Morgan fingerprint density at radius 3 is 2.76 bits per heavy atom. The molecule has 0 unspecified atom stereocenters. The van der Waals surface area contributed by atoms with E-state index in [1.807, 2.05) is 0 Å². The molecule has 2 heterocycles. The number of sulfonamides is 1.